The summed E-state index contributed by atoms with van der Waals surface area (Å²) >= 11 is 5.64. The Hall–Kier alpha value is -3.19. The van der Waals surface area contributed by atoms with Crippen molar-refractivity contribution in [1.82, 2.24) is 4.98 Å². The normalized spacial score (nSPS) is 9.20. The van der Waals surface area contributed by atoms with Gasteiger partial charge >= 0.3 is 0 Å². The number of Topliss-reactive ketones (excluding diaryl/α,β-unsaturated/α-hetero) is 1. The smallest absolute Gasteiger partial charge is 0.224 e. The summed E-state index contributed by atoms with van der Waals surface area (Å²) in [4.78, 5) is 36.7. The van der Waals surface area contributed by atoms with Crippen LogP contribution < -0.4 is 10.6 Å². The summed E-state index contributed by atoms with van der Waals surface area (Å²) in [6.45, 7) is 20.6. The van der Waals surface area contributed by atoms with Gasteiger partial charge in [-0.15, -0.1) is 0 Å². The maximum atomic E-state index is 11.5. The van der Waals surface area contributed by atoms with Gasteiger partial charge in [-0.2, -0.15) is 0 Å². The Morgan fingerprint density at radius 2 is 1.50 bits per heavy atom. The molecule has 44 heavy (non-hydrogen) atoms. The van der Waals surface area contributed by atoms with Crippen molar-refractivity contribution in [2.45, 2.75) is 121 Å². The van der Waals surface area contributed by atoms with E-state index in [1.807, 2.05) is 52.1 Å². The first kappa shape index (κ1) is 45.2. The molecule has 7 nitrogen and oxygen atoms in total. The van der Waals surface area contributed by atoms with Crippen molar-refractivity contribution in [1.29, 1.82) is 0 Å². The van der Waals surface area contributed by atoms with Crippen LogP contribution in [-0.4, -0.2) is 30.0 Å². The zero-order valence-electron chi connectivity index (χ0n) is 29.3. The molecule has 8 heteroatoms. The molecule has 0 saturated heterocycles. The van der Waals surface area contributed by atoms with Crippen molar-refractivity contribution in [2.24, 2.45) is 5.92 Å². The highest BCUT2D eigenvalue weighted by molar-refractivity contribution is 6.30. The highest BCUT2D eigenvalue weighted by atomic mass is 35.5. The monoisotopic (exact) mass is 633 g/mol. The van der Waals surface area contributed by atoms with Gasteiger partial charge in [0.25, 0.3) is 0 Å². The van der Waals surface area contributed by atoms with E-state index in [0.717, 1.165) is 42.3 Å². The number of hydrogen-bond acceptors (Lipinski definition) is 6. The molecule has 1 aromatic carbocycles. The van der Waals surface area contributed by atoms with Gasteiger partial charge in [0.05, 0.1) is 0 Å². The Labute approximate surface area is 272 Å². The number of carbonyl (C=O) groups is 3. The van der Waals surface area contributed by atoms with Crippen LogP contribution in [-0.2, 0) is 9.59 Å². The van der Waals surface area contributed by atoms with Gasteiger partial charge < -0.3 is 19.8 Å². The van der Waals surface area contributed by atoms with Gasteiger partial charge in [0, 0.05) is 36.8 Å². The van der Waals surface area contributed by atoms with E-state index < -0.39 is 0 Å². The Kier molecular flexibility index (Phi) is 32.1. The second-order valence-corrected chi connectivity index (χ2v) is 10.4. The minimum absolute atomic E-state index is 0.100. The van der Waals surface area contributed by atoms with E-state index >= 15 is 0 Å². The molecule has 0 atom stereocenters. The number of furan rings is 1. The SMILES string of the molecule is CC.CCC(C)C.CCCC.CCCC(=O)Nc1c(C=O)oc2cccnc12.CCCCC(C)=O.CNc1ccc(Cl)cc1. The fourth-order valence-electron chi connectivity index (χ4n) is 2.62. The lowest BCUT2D eigenvalue weighted by molar-refractivity contribution is -0.117. The molecule has 1 amide bonds. The standard InChI is InChI=1S/C12H12N2O3.C7H8ClN.C6H12O.C5H12.C4H10.C2H6/c1-2-4-10(16)14-12-9(7-15)17-8-5-3-6-13-11(8)12;1-9-7-4-2-6(8)3-5-7;1-3-4-5-6(2)7;1-4-5(2)3;1-3-4-2;1-2/h3,5-7H,2,4H2,1H3,(H,14,16);2-5,9H,1H3;3-5H2,1-2H3;5H,4H2,1-3H3;3-4H2,1-2H3;1-2H3. The first-order valence-corrected chi connectivity index (χ1v) is 16.5. The van der Waals surface area contributed by atoms with Gasteiger partial charge in [-0.1, -0.05) is 99.6 Å². The summed E-state index contributed by atoms with van der Waals surface area (Å²) in [5, 5.41) is 6.43. The number of benzene rings is 1. The van der Waals surface area contributed by atoms with Crippen LogP contribution in [0.2, 0.25) is 5.02 Å². The van der Waals surface area contributed by atoms with Crippen LogP contribution in [0, 0.1) is 5.92 Å². The van der Waals surface area contributed by atoms with Crippen LogP contribution in [0.4, 0.5) is 11.4 Å². The third kappa shape index (κ3) is 24.3. The number of ketones is 1. The fourth-order valence-corrected chi connectivity index (χ4v) is 2.75. The van der Waals surface area contributed by atoms with E-state index in [1.54, 1.807) is 25.3 Å². The van der Waals surface area contributed by atoms with Gasteiger partial charge in [-0.3, -0.25) is 14.6 Å². The summed E-state index contributed by atoms with van der Waals surface area (Å²) in [6.07, 6.45) is 10.2. The van der Waals surface area contributed by atoms with Gasteiger partial charge in [-0.05, 0) is 62.1 Å². The van der Waals surface area contributed by atoms with Crippen LogP contribution in [0.5, 0.6) is 0 Å². The Morgan fingerprint density at radius 1 is 0.932 bits per heavy atom. The molecule has 250 valence electrons. The van der Waals surface area contributed by atoms with Gasteiger partial charge in [-0.25, -0.2) is 0 Å². The number of amides is 1. The van der Waals surface area contributed by atoms with E-state index in [-0.39, 0.29) is 11.7 Å². The zero-order valence-corrected chi connectivity index (χ0v) is 30.1. The number of carbonyl (C=O) groups excluding carboxylic acids is 3. The number of rotatable bonds is 10. The van der Waals surface area contributed by atoms with Gasteiger partial charge in [0.1, 0.15) is 17.0 Å². The lowest BCUT2D eigenvalue weighted by atomic mass is 10.2. The number of aromatic nitrogens is 1. The average molecular weight is 634 g/mol. The summed E-state index contributed by atoms with van der Waals surface area (Å²) in [7, 11) is 1.88. The summed E-state index contributed by atoms with van der Waals surface area (Å²) in [6, 6.07) is 11.0. The molecule has 0 radical (unpaired) electrons. The number of halogens is 1. The maximum Gasteiger partial charge on any atom is 0.224 e. The molecule has 0 fully saturated rings. The van der Waals surface area contributed by atoms with E-state index in [1.165, 1.54) is 19.3 Å². The number of nitrogens with one attached hydrogen (secondary N) is 2. The van der Waals surface area contributed by atoms with Gasteiger partial charge in [0.2, 0.25) is 5.91 Å². The summed E-state index contributed by atoms with van der Waals surface area (Å²) in [5.74, 6) is 1.14. The minimum atomic E-state index is -0.149. The van der Waals surface area contributed by atoms with Crippen LogP contribution in [0.25, 0.3) is 11.1 Å². The van der Waals surface area contributed by atoms with E-state index in [0.29, 0.717) is 35.3 Å². The molecule has 0 aliphatic carbocycles. The molecule has 3 rings (SSSR count). The third-order valence-electron chi connectivity index (χ3n) is 5.65. The first-order valence-electron chi connectivity index (χ1n) is 16.1. The van der Waals surface area contributed by atoms with E-state index in [4.69, 9.17) is 16.0 Å². The predicted molar refractivity (Wildman–Crippen MR) is 191 cm³/mol. The quantitative estimate of drug-likeness (QED) is 0.215. The highest BCUT2D eigenvalue weighted by Crippen LogP contribution is 2.27. The molecule has 2 N–H and O–H groups in total. The lowest BCUT2D eigenvalue weighted by Crippen LogP contribution is -2.11. The number of hydrogen-bond donors (Lipinski definition) is 2. The number of nitrogens with zero attached hydrogens (tertiary/aromatic N) is 1. The van der Waals surface area contributed by atoms with Crippen LogP contribution in [0.1, 0.15) is 131 Å². The lowest BCUT2D eigenvalue weighted by Gasteiger charge is -2.01. The summed E-state index contributed by atoms with van der Waals surface area (Å²) in [5.41, 5.74) is 2.42. The van der Waals surface area contributed by atoms with Crippen LogP contribution >= 0.6 is 11.6 Å². The number of pyridine rings is 1. The Morgan fingerprint density at radius 3 is 1.89 bits per heavy atom. The van der Waals surface area contributed by atoms with Crippen molar-refractivity contribution in [2.75, 3.05) is 17.7 Å². The van der Waals surface area contributed by atoms with Crippen molar-refractivity contribution in [3.8, 4) is 0 Å². The number of fused-ring (bicyclic) bond motifs is 1. The third-order valence-corrected chi connectivity index (χ3v) is 5.91. The van der Waals surface area contributed by atoms with Crippen LogP contribution in [0.3, 0.4) is 0 Å². The second kappa shape index (κ2) is 31.2. The van der Waals surface area contributed by atoms with Crippen LogP contribution in [0.15, 0.2) is 47.0 Å². The zero-order chi connectivity index (χ0) is 34.3. The molecule has 0 aliphatic rings. The molecule has 0 saturated carbocycles. The highest BCUT2D eigenvalue weighted by Gasteiger charge is 2.16. The molecule has 2 aromatic heterocycles. The molecule has 0 unspecified atom stereocenters. The summed E-state index contributed by atoms with van der Waals surface area (Å²) < 4.78 is 5.28. The van der Waals surface area contributed by atoms with Gasteiger partial charge in [0.15, 0.2) is 17.6 Å². The largest absolute Gasteiger partial charge is 0.449 e. The topological polar surface area (TPSA) is 101 Å². The molecule has 0 aliphatic heterocycles. The molecular weight excluding hydrogens is 574 g/mol. The average Bonchev–Trinajstić information content (AvgIpc) is 3.39. The van der Waals surface area contributed by atoms with Crippen molar-refractivity contribution in [3.05, 3.63) is 53.4 Å². The second-order valence-electron chi connectivity index (χ2n) is 9.97. The predicted octanol–water partition coefficient (Wildman–Crippen LogP) is 11.4. The number of unbranched alkanes of at least 4 members (excludes halogenated alkanes) is 2. The fraction of sp³-hybridized carbons (Fsp3) is 0.556. The maximum absolute atomic E-state index is 11.5. The number of anilines is 2. The van der Waals surface area contributed by atoms with E-state index in [2.05, 4.69) is 57.2 Å². The van der Waals surface area contributed by atoms with E-state index in [9.17, 15) is 14.4 Å². The van der Waals surface area contributed by atoms with Crippen molar-refractivity contribution >= 4 is 52.1 Å². The van der Waals surface area contributed by atoms with Crippen molar-refractivity contribution in [3.63, 3.8) is 0 Å². The molecular formula is C36H60ClN3O4. The Balaban J connectivity index is -0.000000528. The number of aldehydes is 1. The first-order chi connectivity index (χ1) is 21.0. The van der Waals surface area contributed by atoms with Crippen molar-refractivity contribution < 1.29 is 18.8 Å². The minimum Gasteiger partial charge on any atom is -0.449 e. The molecule has 3 aromatic rings. The Bertz CT molecular complexity index is 1110. The molecule has 0 spiro atoms. The molecule has 0 bridgehead atoms. The molecule has 2 heterocycles.